The van der Waals surface area contributed by atoms with Crippen LogP contribution in [0.1, 0.15) is 60.9 Å². The molecule has 1 heterocycles. The smallest absolute Gasteiger partial charge is 0.266 e. The van der Waals surface area contributed by atoms with E-state index in [-0.39, 0.29) is 11.1 Å². The average Bonchev–Trinajstić information content (AvgIpc) is 2.55. The highest BCUT2D eigenvalue weighted by Crippen LogP contribution is 2.38. The first-order valence-electron chi connectivity index (χ1n) is 8.41. The molecule has 0 bridgehead atoms. The minimum atomic E-state index is -0.246. The number of nitrogens with zero attached hydrogens (tertiary/aromatic N) is 1. The monoisotopic (exact) mass is 306 g/mol. The average molecular weight is 306 g/mol. The van der Waals surface area contributed by atoms with Crippen molar-refractivity contribution in [1.29, 1.82) is 5.26 Å². The van der Waals surface area contributed by atoms with Crippen LogP contribution < -0.4 is 5.56 Å². The Morgan fingerprint density at radius 1 is 1.30 bits per heavy atom. The Hall–Kier alpha value is -2.34. The van der Waals surface area contributed by atoms with E-state index in [1.54, 1.807) is 0 Å². The first-order valence-corrected chi connectivity index (χ1v) is 8.41. The van der Waals surface area contributed by atoms with Crippen LogP contribution in [0.4, 0.5) is 0 Å². The molecule has 3 rings (SSSR count). The Bertz CT molecular complexity index is 809. The van der Waals surface area contributed by atoms with Crippen molar-refractivity contribution in [1.82, 2.24) is 4.98 Å². The van der Waals surface area contributed by atoms with Gasteiger partial charge in [-0.3, -0.25) is 4.79 Å². The van der Waals surface area contributed by atoms with E-state index >= 15 is 0 Å². The zero-order valence-electron chi connectivity index (χ0n) is 13.8. The van der Waals surface area contributed by atoms with Crippen LogP contribution >= 0.6 is 0 Å². The molecule has 0 saturated heterocycles. The molecule has 1 aliphatic carbocycles. The van der Waals surface area contributed by atoms with Crippen LogP contribution in [0.2, 0.25) is 0 Å². The van der Waals surface area contributed by atoms with Gasteiger partial charge in [0.1, 0.15) is 11.6 Å². The first-order chi connectivity index (χ1) is 11.2. The first kappa shape index (κ1) is 15.6. The van der Waals surface area contributed by atoms with Crippen LogP contribution in [0.25, 0.3) is 11.1 Å². The highest BCUT2D eigenvalue weighted by atomic mass is 16.1. The third kappa shape index (κ3) is 2.82. The predicted molar refractivity (Wildman–Crippen MR) is 92.5 cm³/mol. The number of aromatic nitrogens is 1. The summed E-state index contributed by atoms with van der Waals surface area (Å²) in [5.74, 6) is 0.411. The minimum Gasteiger partial charge on any atom is -0.324 e. The van der Waals surface area contributed by atoms with Gasteiger partial charge >= 0.3 is 0 Å². The second-order valence-corrected chi connectivity index (χ2v) is 6.45. The van der Waals surface area contributed by atoms with Crippen LogP contribution in [0.15, 0.2) is 29.1 Å². The number of hydrogen-bond acceptors (Lipinski definition) is 2. The molecule has 1 aromatic carbocycles. The van der Waals surface area contributed by atoms with Gasteiger partial charge < -0.3 is 4.98 Å². The Kier molecular flexibility index (Phi) is 4.34. The van der Waals surface area contributed by atoms with Crippen LogP contribution in [0, 0.1) is 18.3 Å². The van der Waals surface area contributed by atoms with Crippen LogP contribution in [0.3, 0.4) is 0 Å². The molecule has 2 aromatic rings. The molecule has 23 heavy (non-hydrogen) atoms. The van der Waals surface area contributed by atoms with Crippen molar-refractivity contribution in [2.24, 2.45) is 0 Å². The molecule has 1 aromatic heterocycles. The Morgan fingerprint density at radius 3 is 2.70 bits per heavy atom. The Labute approximate surface area is 137 Å². The van der Waals surface area contributed by atoms with Crippen LogP contribution in [-0.4, -0.2) is 4.98 Å². The fourth-order valence-electron chi connectivity index (χ4n) is 3.72. The molecule has 1 unspecified atom stereocenters. The molecular weight excluding hydrogens is 284 g/mol. The van der Waals surface area contributed by atoms with Gasteiger partial charge in [0.15, 0.2) is 0 Å². The summed E-state index contributed by atoms with van der Waals surface area (Å²) < 4.78 is 0. The largest absolute Gasteiger partial charge is 0.324 e. The number of pyridine rings is 1. The van der Waals surface area contributed by atoms with E-state index in [0.29, 0.717) is 5.92 Å². The van der Waals surface area contributed by atoms with E-state index in [2.05, 4.69) is 18.0 Å². The molecule has 0 aliphatic heterocycles. The summed E-state index contributed by atoms with van der Waals surface area (Å²) in [5.41, 5.74) is 5.26. The zero-order chi connectivity index (χ0) is 16.4. The number of benzene rings is 1. The molecule has 118 valence electrons. The normalized spacial score (nSPS) is 16.7. The predicted octanol–water partition coefficient (Wildman–Crippen LogP) is 4.44. The molecular formula is C20H22N2O. The molecule has 1 aliphatic rings. The van der Waals surface area contributed by atoms with Crippen molar-refractivity contribution < 1.29 is 0 Å². The number of nitrogens with one attached hydrogen (secondary N) is 1. The van der Waals surface area contributed by atoms with E-state index in [9.17, 15) is 10.1 Å². The molecule has 1 N–H and O–H groups in total. The summed E-state index contributed by atoms with van der Waals surface area (Å²) in [6, 6.07) is 10.3. The fraction of sp³-hybridized carbons (Fsp3) is 0.400. The number of aryl methyl sites for hydroxylation is 1. The summed E-state index contributed by atoms with van der Waals surface area (Å²) >= 11 is 0. The van der Waals surface area contributed by atoms with E-state index in [1.807, 2.05) is 31.2 Å². The quantitative estimate of drug-likeness (QED) is 0.911. The summed E-state index contributed by atoms with van der Waals surface area (Å²) in [4.78, 5) is 15.5. The van der Waals surface area contributed by atoms with Crippen LogP contribution in [-0.2, 0) is 6.42 Å². The van der Waals surface area contributed by atoms with Crippen molar-refractivity contribution in [3.63, 3.8) is 0 Å². The number of fused-ring (bicyclic) bond motifs is 1. The maximum absolute atomic E-state index is 12.5. The summed E-state index contributed by atoms with van der Waals surface area (Å²) in [7, 11) is 0. The highest BCUT2D eigenvalue weighted by molar-refractivity contribution is 5.74. The third-order valence-corrected chi connectivity index (χ3v) is 4.83. The Morgan fingerprint density at radius 2 is 2.04 bits per heavy atom. The summed E-state index contributed by atoms with van der Waals surface area (Å²) in [6.45, 7) is 4.22. The number of hydrogen-bond donors (Lipinski definition) is 1. The summed E-state index contributed by atoms with van der Waals surface area (Å²) in [5, 5.41) is 9.52. The molecule has 1 atom stereocenters. The molecule has 0 fully saturated rings. The SMILES string of the molecule is CCCC1CCCc2c1[nH]c(=O)c(C#N)c2-c1ccc(C)cc1. The second-order valence-electron chi connectivity index (χ2n) is 6.45. The summed E-state index contributed by atoms with van der Waals surface area (Å²) in [6.07, 6.45) is 5.36. The third-order valence-electron chi connectivity index (χ3n) is 4.83. The maximum atomic E-state index is 12.5. The molecule has 3 heteroatoms. The van der Waals surface area contributed by atoms with E-state index in [4.69, 9.17) is 0 Å². The van der Waals surface area contributed by atoms with Crippen molar-refractivity contribution in [3.05, 3.63) is 57.0 Å². The maximum Gasteiger partial charge on any atom is 0.266 e. The van der Waals surface area contributed by atoms with Gasteiger partial charge in [0.05, 0.1) is 0 Å². The van der Waals surface area contributed by atoms with Gasteiger partial charge in [-0.25, -0.2) is 0 Å². The van der Waals surface area contributed by atoms with Gasteiger partial charge in [0, 0.05) is 11.3 Å². The molecule has 0 amide bonds. The van der Waals surface area contributed by atoms with Gasteiger partial charge in [0.25, 0.3) is 5.56 Å². The number of rotatable bonds is 3. The van der Waals surface area contributed by atoms with Gasteiger partial charge in [0.2, 0.25) is 0 Å². The fourth-order valence-corrected chi connectivity index (χ4v) is 3.72. The number of aromatic amines is 1. The lowest BCUT2D eigenvalue weighted by molar-refractivity contribution is 0.501. The lowest BCUT2D eigenvalue weighted by Crippen LogP contribution is -2.22. The van der Waals surface area contributed by atoms with Crippen LogP contribution in [0.5, 0.6) is 0 Å². The van der Waals surface area contributed by atoms with E-state index in [1.165, 1.54) is 11.1 Å². The molecule has 3 nitrogen and oxygen atoms in total. The molecule has 0 spiro atoms. The lowest BCUT2D eigenvalue weighted by atomic mass is 9.80. The second kappa shape index (κ2) is 6.42. The minimum absolute atomic E-state index is 0.246. The van der Waals surface area contributed by atoms with Gasteiger partial charge in [-0.2, -0.15) is 5.26 Å². The lowest BCUT2D eigenvalue weighted by Gasteiger charge is -2.27. The van der Waals surface area contributed by atoms with Crippen molar-refractivity contribution in [2.45, 2.75) is 51.9 Å². The van der Waals surface area contributed by atoms with Crippen molar-refractivity contribution in [2.75, 3.05) is 0 Å². The van der Waals surface area contributed by atoms with Gasteiger partial charge in [-0.05, 0) is 49.7 Å². The molecule has 0 radical (unpaired) electrons. The standard InChI is InChI=1S/C20H22N2O/c1-3-5-15-6-4-7-16-18(14-10-8-13(2)9-11-14)17(12-21)20(23)22-19(15)16/h8-11,15H,3-7H2,1-2H3,(H,22,23). The highest BCUT2D eigenvalue weighted by Gasteiger charge is 2.26. The topological polar surface area (TPSA) is 56.6 Å². The Balaban J connectivity index is 2.27. The molecule has 0 saturated carbocycles. The zero-order valence-corrected chi connectivity index (χ0v) is 13.8. The van der Waals surface area contributed by atoms with Gasteiger partial charge in [-0.1, -0.05) is 43.2 Å². The number of H-pyrrole nitrogens is 1. The van der Waals surface area contributed by atoms with Crippen molar-refractivity contribution >= 4 is 0 Å². The number of nitriles is 1. The van der Waals surface area contributed by atoms with Gasteiger partial charge in [-0.15, -0.1) is 0 Å². The van der Waals surface area contributed by atoms with E-state index in [0.717, 1.165) is 48.9 Å². The van der Waals surface area contributed by atoms with E-state index < -0.39 is 0 Å². The van der Waals surface area contributed by atoms with Crippen molar-refractivity contribution in [3.8, 4) is 17.2 Å².